The zero-order chi connectivity index (χ0) is 13.0. The van der Waals surface area contributed by atoms with Crippen molar-refractivity contribution in [3.8, 4) is 11.8 Å². The first-order valence-corrected chi connectivity index (χ1v) is 5.73. The van der Waals surface area contributed by atoms with Crippen LogP contribution in [0.15, 0.2) is 48.5 Å². The fourth-order valence-corrected chi connectivity index (χ4v) is 1.81. The Morgan fingerprint density at radius 3 is 2.61 bits per heavy atom. The van der Waals surface area contributed by atoms with Crippen LogP contribution in [0.25, 0.3) is 11.6 Å². The molecule has 2 nitrogen and oxygen atoms in total. The Balaban J connectivity index is 2.44. The van der Waals surface area contributed by atoms with Gasteiger partial charge in [-0.25, -0.2) is 0 Å². The first-order chi connectivity index (χ1) is 8.69. The van der Waals surface area contributed by atoms with Gasteiger partial charge in [0, 0.05) is 5.02 Å². The van der Waals surface area contributed by atoms with Gasteiger partial charge in [0.15, 0.2) is 0 Å². The summed E-state index contributed by atoms with van der Waals surface area (Å²) in [7, 11) is 0. The number of phenols is 1. The van der Waals surface area contributed by atoms with Gasteiger partial charge in [0.1, 0.15) is 5.75 Å². The molecule has 0 atom stereocenters. The van der Waals surface area contributed by atoms with Gasteiger partial charge in [-0.3, -0.25) is 0 Å². The average molecular weight is 256 g/mol. The molecule has 0 bridgehead atoms. The molecular weight excluding hydrogens is 246 g/mol. The molecule has 0 aliphatic carbocycles. The number of hydrogen-bond acceptors (Lipinski definition) is 2. The predicted octanol–water partition coefficient (Wildman–Crippen LogP) is 4.11. The summed E-state index contributed by atoms with van der Waals surface area (Å²) in [4.78, 5) is 0. The number of nitriles is 1. The summed E-state index contributed by atoms with van der Waals surface area (Å²) in [5, 5.41) is 19.1. The van der Waals surface area contributed by atoms with Crippen molar-refractivity contribution in [3.05, 3.63) is 64.7 Å². The van der Waals surface area contributed by atoms with Gasteiger partial charge in [-0.1, -0.05) is 35.9 Å². The highest BCUT2D eigenvalue weighted by Gasteiger charge is 2.02. The Bertz CT molecular complexity index is 641. The molecular formula is C15H10ClNO. The zero-order valence-electron chi connectivity index (χ0n) is 9.47. The highest BCUT2D eigenvalue weighted by atomic mass is 35.5. The first-order valence-electron chi connectivity index (χ1n) is 5.36. The average Bonchev–Trinajstić information content (AvgIpc) is 2.36. The zero-order valence-corrected chi connectivity index (χ0v) is 10.2. The lowest BCUT2D eigenvalue weighted by Gasteiger charge is -2.01. The molecule has 2 rings (SSSR count). The van der Waals surface area contributed by atoms with Crippen LogP contribution in [0, 0.1) is 11.3 Å². The molecule has 88 valence electrons. The lowest BCUT2D eigenvalue weighted by molar-refractivity contribution is 0.475. The van der Waals surface area contributed by atoms with Gasteiger partial charge in [0.05, 0.1) is 11.6 Å². The highest BCUT2D eigenvalue weighted by Crippen LogP contribution is 2.22. The number of hydrogen-bond donors (Lipinski definition) is 1. The van der Waals surface area contributed by atoms with Crippen LogP contribution in [0.3, 0.4) is 0 Å². The van der Waals surface area contributed by atoms with Crippen molar-refractivity contribution in [2.45, 2.75) is 0 Å². The molecule has 0 radical (unpaired) electrons. The summed E-state index contributed by atoms with van der Waals surface area (Å²) in [5.74, 6) is 0.173. The van der Waals surface area contributed by atoms with Crippen LogP contribution >= 0.6 is 11.6 Å². The van der Waals surface area contributed by atoms with Crippen LogP contribution in [0.1, 0.15) is 11.1 Å². The smallest absolute Gasteiger partial charge is 0.116 e. The van der Waals surface area contributed by atoms with Crippen molar-refractivity contribution in [3.63, 3.8) is 0 Å². The van der Waals surface area contributed by atoms with Crippen LogP contribution in [-0.2, 0) is 0 Å². The van der Waals surface area contributed by atoms with E-state index in [4.69, 9.17) is 11.6 Å². The lowest BCUT2D eigenvalue weighted by Crippen LogP contribution is -1.82. The third-order valence-corrected chi connectivity index (χ3v) is 2.67. The Kier molecular flexibility index (Phi) is 3.66. The van der Waals surface area contributed by atoms with Gasteiger partial charge in [0.25, 0.3) is 0 Å². The molecule has 0 saturated heterocycles. The first kappa shape index (κ1) is 12.2. The number of benzene rings is 2. The number of halogens is 1. The summed E-state index contributed by atoms with van der Waals surface area (Å²) in [5.41, 5.74) is 2.03. The monoisotopic (exact) mass is 255 g/mol. The molecule has 1 N–H and O–H groups in total. The summed E-state index contributed by atoms with van der Waals surface area (Å²) < 4.78 is 0. The minimum absolute atomic E-state index is 0.173. The molecule has 3 heteroatoms. The number of phenolic OH excluding ortho intramolecular Hbond substituents is 1. The van der Waals surface area contributed by atoms with E-state index in [9.17, 15) is 10.4 Å². The maximum absolute atomic E-state index is 9.38. The second-order valence-corrected chi connectivity index (χ2v) is 4.21. The van der Waals surface area contributed by atoms with E-state index in [0.29, 0.717) is 10.6 Å². The Hall–Kier alpha value is -2.24. The summed E-state index contributed by atoms with van der Waals surface area (Å²) in [6.45, 7) is 0. The minimum atomic E-state index is 0.173. The standard InChI is InChI=1S/C15H10ClNO/c16-14-5-2-4-12(9-14)13(10-17)7-11-3-1-6-15(18)8-11/h1-9,18H/b13-7-. The fourth-order valence-electron chi connectivity index (χ4n) is 1.62. The van der Waals surface area contributed by atoms with E-state index in [1.807, 2.05) is 12.1 Å². The molecule has 18 heavy (non-hydrogen) atoms. The van der Waals surface area contributed by atoms with Crippen molar-refractivity contribution in [2.24, 2.45) is 0 Å². The Labute approximate surface area is 110 Å². The number of allylic oxidation sites excluding steroid dienone is 1. The highest BCUT2D eigenvalue weighted by molar-refractivity contribution is 6.30. The summed E-state index contributed by atoms with van der Waals surface area (Å²) in [6.07, 6.45) is 1.71. The lowest BCUT2D eigenvalue weighted by atomic mass is 10.0. The fraction of sp³-hybridized carbons (Fsp3) is 0. The van der Waals surface area contributed by atoms with Crippen molar-refractivity contribution >= 4 is 23.3 Å². The van der Waals surface area contributed by atoms with E-state index in [1.165, 1.54) is 0 Å². The van der Waals surface area contributed by atoms with E-state index in [0.717, 1.165) is 11.1 Å². The van der Waals surface area contributed by atoms with Crippen molar-refractivity contribution in [1.82, 2.24) is 0 Å². The maximum atomic E-state index is 9.38. The molecule has 0 aliphatic rings. The molecule has 0 saturated carbocycles. The number of aromatic hydroxyl groups is 1. The van der Waals surface area contributed by atoms with Gasteiger partial charge in [0.2, 0.25) is 0 Å². The van der Waals surface area contributed by atoms with E-state index in [-0.39, 0.29) is 5.75 Å². The van der Waals surface area contributed by atoms with Crippen LogP contribution in [0.5, 0.6) is 5.75 Å². The van der Waals surface area contributed by atoms with Gasteiger partial charge >= 0.3 is 0 Å². The van der Waals surface area contributed by atoms with E-state index < -0.39 is 0 Å². The molecule has 0 aromatic heterocycles. The number of nitrogens with zero attached hydrogens (tertiary/aromatic N) is 1. The molecule has 0 unspecified atom stereocenters. The van der Waals surface area contributed by atoms with Gasteiger partial charge in [-0.2, -0.15) is 5.26 Å². The van der Waals surface area contributed by atoms with E-state index >= 15 is 0 Å². The summed E-state index contributed by atoms with van der Waals surface area (Å²) >= 11 is 5.90. The molecule has 2 aromatic carbocycles. The SMILES string of the molecule is N#C/C(=C/c1cccc(O)c1)c1cccc(Cl)c1. The van der Waals surface area contributed by atoms with Crippen LogP contribution in [-0.4, -0.2) is 5.11 Å². The second kappa shape index (κ2) is 5.39. The minimum Gasteiger partial charge on any atom is -0.508 e. The molecule has 0 aliphatic heterocycles. The largest absolute Gasteiger partial charge is 0.508 e. The predicted molar refractivity (Wildman–Crippen MR) is 73.0 cm³/mol. The third-order valence-electron chi connectivity index (χ3n) is 2.44. The quantitative estimate of drug-likeness (QED) is 0.648. The maximum Gasteiger partial charge on any atom is 0.116 e. The van der Waals surface area contributed by atoms with Crippen LogP contribution < -0.4 is 0 Å². The topological polar surface area (TPSA) is 44.0 Å². The Morgan fingerprint density at radius 1 is 1.17 bits per heavy atom. The number of rotatable bonds is 2. The van der Waals surface area contributed by atoms with Crippen LogP contribution in [0.4, 0.5) is 0 Å². The molecule has 0 fully saturated rings. The molecule has 0 amide bonds. The summed E-state index contributed by atoms with van der Waals surface area (Å²) in [6, 6.07) is 16.0. The molecule has 0 heterocycles. The molecule has 2 aromatic rings. The van der Waals surface area contributed by atoms with Crippen LogP contribution in [0.2, 0.25) is 5.02 Å². The van der Waals surface area contributed by atoms with Crippen molar-refractivity contribution in [1.29, 1.82) is 5.26 Å². The Morgan fingerprint density at radius 2 is 1.94 bits per heavy atom. The normalized spacial score (nSPS) is 11.0. The molecule has 0 spiro atoms. The van der Waals surface area contributed by atoms with Gasteiger partial charge in [-0.15, -0.1) is 0 Å². The van der Waals surface area contributed by atoms with Crippen molar-refractivity contribution in [2.75, 3.05) is 0 Å². The third kappa shape index (κ3) is 2.91. The van der Waals surface area contributed by atoms with Gasteiger partial charge < -0.3 is 5.11 Å². The van der Waals surface area contributed by atoms with E-state index in [2.05, 4.69) is 6.07 Å². The van der Waals surface area contributed by atoms with Crippen molar-refractivity contribution < 1.29 is 5.11 Å². The van der Waals surface area contributed by atoms with Gasteiger partial charge in [-0.05, 0) is 41.5 Å². The van der Waals surface area contributed by atoms with E-state index in [1.54, 1.807) is 42.5 Å². The second-order valence-electron chi connectivity index (χ2n) is 3.78.